The van der Waals surface area contributed by atoms with Crippen molar-refractivity contribution in [3.8, 4) is 11.1 Å². The van der Waals surface area contributed by atoms with Gasteiger partial charge in [-0.2, -0.15) is 0 Å². The van der Waals surface area contributed by atoms with Crippen LogP contribution in [0.2, 0.25) is 5.02 Å². The Morgan fingerprint density at radius 1 is 1.13 bits per heavy atom. The van der Waals surface area contributed by atoms with E-state index in [2.05, 4.69) is 15.6 Å². The predicted octanol–water partition coefficient (Wildman–Crippen LogP) is 4.61. The van der Waals surface area contributed by atoms with Crippen LogP contribution >= 0.6 is 11.6 Å². The molecular weight excluding hydrogens is 412 g/mol. The number of rotatable bonds is 6. The van der Waals surface area contributed by atoms with Crippen molar-refractivity contribution in [2.45, 2.75) is 33.2 Å². The molecule has 2 amide bonds. The second-order valence-electron chi connectivity index (χ2n) is 7.67. The monoisotopic (exact) mass is 436 g/mol. The van der Waals surface area contributed by atoms with E-state index in [1.54, 1.807) is 24.4 Å². The number of nitrogen functional groups attached to an aromatic ring is 1. The van der Waals surface area contributed by atoms with Gasteiger partial charge in [0.2, 0.25) is 5.91 Å². The summed E-state index contributed by atoms with van der Waals surface area (Å²) in [5.41, 5.74) is 10.4. The van der Waals surface area contributed by atoms with Gasteiger partial charge in [0.25, 0.3) is 5.91 Å². The van der Waals surface area contributed by atoms with E-state index in [-0.39, 0.29) is 30.1 Å². The molecule has 2 aromatic carbocycles. The van der Waals surface area contributed by atoms with Gasteiger partial charge in [0.05, 0.1) is 12.0 Å². The second-order valence-corrected chi connectivity index (χ2v) is 8.11. The number of amides is 2. The fraction of sp³-hybridized carbons (Fsp3) is 0.208. The second kappa shape index (κ2) is 9.62. The van der Waals surface area contributed by atoms with Crippen molar-refractivity contribution >= 4 is 34.9 Å². The Balaban J connectivity index is 1.78. The highest BCUT2D eigenvalue weighted by atomic mass is 35.5. The Labute approximate surface area is 186 Å². The number of nitrogens with zero attached hydrogens (tertiary/aromatic N) is 1. The van der Waals surface area contributed by atoms with Crippen molar-refractivity contribution in [2.75, 3.05) is 11.1 Å². The third-order valence-corrected chi connectivity index (χ3v) is 4.89. The van der Waals surface area contributed by atoms with E-state index in [9.17, 15) is 9.59 Å². The van der Waals surface area contributed by atoms with Crippen molar-refractivity contribution in [3.63, 3.8) is 0 Å². The number of halogens is 1. The van der Waals surface area contributed by atoms with E-state index >= 15 is 0 Å². The number of hydrogen-bond acceptors (Lipinski definition) is 4. The lowest BCUT2D eigenvalue weighted by molar-refractivity contribution is -0.115. The Hall–Kier alpha value is -3.38. The summed E-state index contributed by atoms with van der Waals surface area (Å²) in [6.45, 7) is 5.70. The van der Waals surface area contributed by atoms with E-state index < -0.39 is 0 Å². The lowest BCUT2D eigenvalue weighted by Crippen LogP contribution is -2.30. The van der Waals surface area contributed by atoms with Gasteiger partial charge in [-0.05, 0) is 67.8 Å². The number of nitrogens with two attached hydrogens (primary N) is 1. The first-order chi connectivity index (χ1) is 14.7. The zero-order valence-electron chi connectivity index (χ0n) is 17.7. The maximum Gasteiger partial charge on any atom is 0.255 e. The third-order valence-electron chi connectivity index (χ3n) is 4.66. The zero-order valence-corrected chi connectivity index (χ0v) is 18.5. The lowest BCUT2D eigenvalue weighted by atomic mass is 9.99. The number of hydrogen-bond donors (Lipinski definition) is 3. The summed E-state index contributed by atoms with van der Waals surface area (Å²) in [6, 6.07) is 14.6. The molecule has 0 saturated heterocycles. The molecule has 31 heavy (non-hydrogen) atoms. The lowest BCUT2D eigenvalue weighted by Gasteiger charge is -2.13. The Morgan fingerprint density at radius 2 is 1.90 bits per heavy atom. The fourth-order valence-corrected chi connectivity index (χ4v) is 3.46. The Bertz CT molecular complexity index is 1130. The molecule has 0 aliphatic rings. The van der Waals surface area contributed by atoms with E-state index in [0.29, 0.717) is 16.3 Å². The fourth-order valence-electron chi connectivity index (χ4n) is 3.25. The maximum atomic E-state index is 12.4. The minimum absolute atomic E-state index is 0.00732. The van der Waals surface area contributed by atoms with E-state index in [0.717, 1.165) is 22.3 Å². The summed E-state index contributed by atoms with van der Waals surface area (Å²) in [6.07, 6.45) is 1.87. The summed E-state index contributed by atoms with van der Waals surface area (Å²) in [5, 5.41) is 6.34. The summed E-state index contributed by atoms with van der Waals surface area (Å²) in [7, 11) is 0. The number of aryl methyl sites for hydroxylation is 1. The highest BCUT2D eigenvalue weighted by molar-refractivity contribution is 6.30. The average molecular weight is 437 g/mol. The topological polar surface area (TPSA) is 97.1 Å². The molecule has 0 aliphatic carbocycles. The average Bonchev–Trinajstić information content (AvgIpc) is 2.68. The van der Waals surface area contributed by atoms with Gasteiger partial charge in [0.1, 0.15) is 5.82 Å². The molecule has 0 bridgehead atoms. The summed E-state index contributed by atoms with van der Waals surface area (Å²) in [4.78, 5) is 29.0. The molecule has 0 spiro atoms. The smallest absolute Gasteiger partial charge is 0.255 e. The minimum atomic E-state index is -0.260. The highest BCUT2D eigenvalue weighted by Gasteiger charge is 2.15. The molecule has 0 radical (unpaired) electrons. The molecule has 3 aromatic rings. The molecule has 160 valence electrons. The van der Waals surface area contributed by atoms with Crippen LogP contribution in [0.25, 0.3) is 11.1 Å². The highest BCUT2D eigenvalue weighted by Crippen LogP contribution is 2.27. The van der Waals surface area contributed by atoms with Gasteiger partial charge in [-0.15, -0.1) is 0 Å². The van der Waals surface area contributed by atoms with Gasteiger partial charge in [0, 0.05) is 28.5 Å². The summed E-state index contributed by atoms with van der Waals surface area (Å²) >= 11 is 5.98. The molecule has 7 heteroatoms. The molecule has 6 nitrogen and oxygen atoms in total. The number of nitrogens with one attached hydrogen (secondary N) is 2. The van der Waals surface area contributed by atoms with Crippen LogP contribution in [0.3, 0.4) is 0 Å². The van der Waals surface area contributed by atoms with Crippen LogP contribution in [0.4, 0.5) is 11.5 Å². The number of carbonyl (C=O) groups is 2. The van der Waals surface area contributed by atoms with Gasteiger partial charge in [-0.25, -0.2) is 4.98 Å². The largest absolute Gasteiger partial charge is 0.383 e. The van der Waals surface area contributed by atoms with Crippen LogP contribution in [-0.2, 0) is 11.2 Å². The minimum Gasteiger partial charge on any atom is -0.383 e. The first-order valence-corrected chi connectivity index (χ1v) is 10.3. The number of carbonyl (C=O) groups excluding carboxylic acids is 2. The standard InChI is InChI=1S/C24H25ClN4O2/c1-14(2)28-24(31)21-12-17(13-27-23(21)26)20-8-7-19(9-15(20)3)29-22(30)11-16-5-4-6-18(25)10-16/h4-10,12-14H,11H2,1-3H3,(H2,26,27)(H,28,31)(H,29,30). The van der Waals surface area contributed by atoms with Crippen LogP contribution in [0, 0.1) is 6.92 Å². The van der Waals surface area contributed by atoms with Gasteiger partial charge >= 0.3 is 0 Å². The van der Waals surface area contributed by atoms with Crippen molar-refractivity contribution in [3.05, 3.63) is 76.4 Å². The van der Waals surface area contributed by atoms with Crippen LogP contribution in [0.1, 0.15) is 35.3 Å². The van der Waals surface area contributed by atoms with Crippen LogP contribution in [0.15, 0.2) is 54.7 Å². The molecule has 0 unspecified atom stereocenters. The normalized spacial score (nSPS) is 10.7. The van der Waals surface area contributed by atoms with E-state index in [1.165, 1.54) is 0 Å². The molecule has 1 heterocycles. The van der Waals surface area contributed by atoms with Gasteiger partial charge in [-0.3, -0.25) is 9.59 Å². The first-order valence-electron chi connectivity index (χ1n) is 9.94. The first kappa shape index (κ1) is 22.3. The van der Waals surface area contributed by atoms with Gasteiger partial charge < -0.3 is 16.4 Å². The number of aromatic nitrogens is 1. The van der Waals surface area contributed by atoms with Crippen molar-refractivity contribution < 1.29 is 9.59 Å². The Kier molecular flexibility index (Phi) is 6.92. The van der Waals surface area contributed by atoms with Gasteiger partial charge in [-0.1, -0.05) is 29.8 Å². The quantitative estimate of drug-likeness (QED) is 0.525. The van der Waals surface area contributed by atoms with Crippen LogP contribution in [-0.4, -0.2) is 22.8 Å². The number of benzene rings is 2. The van der Waals surface area contributed by atoms with Crippen molar-refractivity contribution in [2.24, 2.45) is 0 Å². The molecule has 4 N–H and O–H groups in total. The Morgan fingerprint density at radius 3 is 2.58 bits per heavy atom. The maximum absolute atomic E-state index is 12.4. The van der Waals surface area contributed by atoms with Crippen molar-refractivity contribution in [1.82, 2.24) is 10.3 Å². The summed E-state index contributed by atoms with van der Waals surface area (Å²) in [5.74, 6) is -0.204. The van der Waals surface area contributed by atoms with E-state index in [1.807, 2.05) is 51.1 Å². The summed E-state index contributed by atoms with van der Waals surface area (Å²) < 4.78 is 0. The van der Waals surface area contributed by atoms with Crippen LogP contribution in [0.5, 0.6) is 0 Å². The molecule has 1 aromatic heterocycles. The molecule has 0 atom stereocenters. The molecule has 0 aliphatic heterocycles. The molecule has 0 saturated carbocycles. The molecule has 0 fully saturated rings. The predicted molar refractivity (Wildman–Crippen MR) is 125 cm³/mol. The number of anilines is 2. The number of pyridine rings is 1. The van der Waals surface area contributed by atoms with Gasteiger partial charge in [0.15, 0.2) is 0 Å². The zero-order chi connectivity index (χ0) is 22.5. The molecular formula is C24H25ClN4O2. The van der Waals surface area contributed by atoms with Crippen LogP contribution < -0.4 is 16.4 Å². The SMILES string of the molecule is Cc1cc(NC(=O)Cc2cccc(Cl)c2)ccc1-c1cnc(N)c(C(=O)NC(C)C)c1. The van der Waals surface area contributed by atoms with Crippen molar-refractivity contribution in [1.29, 1.82) is 0 Å². The van der Waals surface area contributed by atoms with E-state index in [4.69, 9.17) is 17.3 Å². The third kappa shape index (κ3) is 5.83. The molecule has 3 rings (SSSR count).